The van der Waals surface area contributed by atoms with Crippen molar-refractivity contribution in [3.8, 4) is 0 Å². The summed E-state index contributed by atoms with van der Waals surface area (Å²) in [6.07, 6.45) is 5.08. The second kappa shape index (κ2) is 8.59. The van der Waals surface area contributed by atoms with Crippen molar-refractivity contribution in [1.82, 2.24) is 5.32 Å². The summed E-state index contributed by atoms with van der Waals surface area (Å²) < 4.78 is 0. The molecule has 1 fully saturated rings. The highest BCUT2D eigenvalue weighted by Gasteiger charge is 2.18. The first-order valence-electron chi connectivity index (χ1n) is 8.05. The molecule has 1 aliphatic rings. The highest BCUT2D eigenvalue weighted by molar-refractivity contribution is 5.76. The number of benzene rings is 1. The average molecular weight is 302 g/mol. The Morgan fingerprint density at radius 1 is 1.32 bits per heavy atom. The van der Waals surface area contributed by atoms with Gasteiger partial charge in [0.15, 0.2) is 0 Å². The molecule has 4 nitrogen and oxygen atoms in total. The van der Waals surface area contributed by atoms with E-state index in [2.05, 4.69) is 41.1 Å². The third-order valence-electron chi connectivity index (χ3n) is 4.24. The van der Waals surface area contributed by atoms with E-state index in [1.54, 1.807) is 6.08 Å². The topological polar surface area (TPSA) is 52.6 Å². The number of carbonyl (C=O) groups is 1. The fourth-order valence-corrected chi connectivity index (χ4v) is 2.72. The maximum absolute atomic E-state index is 11.6. The van der Waals surface area contributed by atoms with Crippen LogP contribution in [0.3, 0.4) is 0 Å². The molecule has 1 saturated heterocycles. The molecule has 1 aliphatic heterocycles. The molecule has 0 atom stereocenters. The summed E-state index contributed by atoms with van der Waals surface area (Å²) in [5.74, 6) is 0.524. The van der Waals surface area contributed by atoms with Crippen LogP contribution in [0.15, 0.2) is 36.9 Å². The quantitative estimate of drug-likeness (QED) is 0.761. The summed E-state index contributed by atoms with van der Waals surface area (Å²) in [5, 5.41) is 12.1. The lowest BCUT2D eigenvalue weighted by Gasteiger charge is -2.33. The minimum Gasteiger partial charge on any atom is -0.396 e. The summed E-state index contributed by atoms with van der Waals surface area (Å²) in [4.78, 5) is 13.9. The van der Waals surface area contributed by atoms with Gasteiger partial charge in [-0.25, -0.2) is 0 Å². The van der Waals surface area contributed by atoms with E-state index in [0.717, 1.165) is 31.5 Å². The number of amides is 1. The van der Waals surface area contributed by atoms with E-state index in [-0.39, 0.29) is 5.91 Å². The van der Waals surface area contributed by atoms with Gasteiger partial charge in [0.25, 0.3) is 0 Å². The fraction of sp³-hybridized carbons (Fsp3) is 0.500. The second-order valence-electron chi connectivity index (χ2n) is 5.88. The van der Waals surface area contributed by atoms with Crippen molar-refractivity contribution in [1.29, 1.82) is 0 Å². The zero-order valence-corrected chi connectivity index (χ0v) is 13.1. The van der Waals surface area contributed by atoms with E-state index in [1.165, 1.54) is 5.69 Å². The van der Waals surface area contributed by atoms with E-state index >= 15 is 0 Å². The number of carbonyl (C=O) groups excluding carboxylic acids is 1. The number of hydrogen-bond acceptors (Lipinski definition) is 3. The molecular weight excluding hydrogens is 276 g/mol. The summed E-state index contributed by atoms with van der Waals surface area (Å²) in [5.41, 5.74) is 2.33. The number of nitrogens with zero attached hydrogens (tertiary/aromatic N) is 1. The number of anilines is 1. The van der Waals surface area contributed by atoms with Crippen molar-refractivity contribution >= 4 is 11.6 Å². The number of nitrogens with one attached hydrogen (secondary N) is 1. The van der Waals surface area contributed by atoms with E-state index in [0.29, 0.717) is 31.9 Å². The molecule has 0 saturated carbocycles. The Kier molecular flexibility index (Phi) is 6.46. The van der Waals surface area contributed by atoms with Crippen LogP contribution in [0.5, 0.6) is 0 Å². The van der Waals surface area contributed by atoms with Crippen LogP contribution < -0.4 is 10.2 Å². The van der Waals surface area contributed by atoms with Gasteiger partial charge in [0.05, 0.1) is 0 Å². The molecule has 4 heteroatoms. The van der Waals surface area contributed by atoms with Gasteiger partial charge in [-0.1, -0.05) is 18.2 Å². The lowest BCUT2D eigenvalue weighted by atomic mass is 9.97. The molecule has 0 aromatic heterocycles. The van der Waals surface area contributed by atoms with Crippen LogP contribution in [-0.2, 0) is 11.3 Å². The molecule has 22 heavy (non-hydrogen) atoms. The zero-order chi connectivity index (χ0) is 15.8. The van der Waals surface area contributed by atoms with E-state index in [9.17, 15) is 9.90 Å². The van der Waals surface area contributed by atoms with Crippen molar-refractivity contribution in [3.05, 3.63) is 42.5 Å². The minimum absolute atomic E-state index is 0.0649. The largest absolute Gasteiger partial charge is 0.396 e. The Bertz CT molecular complexity index is 476. The number of aliphatic hydroxyl groups excluding tert-OH is 1. The predicted molar refractivity (Wildman–Crippen MR) is 89.7 cm³/mol. The molecule has 0 spiro atoms. The van der Waals surface area contributed by atoms with Gasteiger partial charge in [-0.3, -0.25) is 4.79 Å². The van der Waals surface area contributed by atoms with Gasteiger partial charge in [0.2, 0.25) is 5.91 Å². The first-order valence-corrected chi connectivity index (χ1v) is 8.05. The van der Waals surface area contributed by atoms with Crippen molar-refractivity contribution < 1.29 is 9.90 Å². The summed E-state index contributed by atoms with van der Waals surface area (Å²) in [6.45, 7) is 6.50. The normalized spacial score (nSPS) is 15.6. The molecule has 0 radical (unpaired) electrons. The second-order valence-corrected chi connectivity index (χ2v) is 5.88. The van der Waals surface area contributed by atoms with Crippen LogP contribution in [-0.4, -0.2) is 30.7 Å². The fourth-order valence-electron chi connectivity index (χ4n) is 2.72. The highest BCUT2D eigenvalue weighted by atomic mass is 16.3. The Hall–Kier alpha value is -1.81. The summed E-state index contributed by atoms with van der Waals surface area (Å²) in [7, 11) is 0. The number of rotatable bonds is 7. The van der Waals surface area contributed by atoms with Crippen molar-refractivity contribution in [2.75, 3.05) is 24.6 Å². The van der Waals surface area contributed by atoms with Gasteiger partial charge in [-0.05, 0) is 42.9 Å². The van der Waals surface area contributed by atoms with Crippen molar-refractivity contribution in [2.45, 2.75) is 32.2 Å². The molecule has 0 aliphatic carbocycles. The third kappa shape index (κ3) is 4.88. The van der Waals surface area contributed by atoms with Gasteiger partial charge < -0.3 is 15.3 Å². The lowest BCUT2D eigenvalue weighted by molar-refractivity contribution is -0.121. The molecule has 1 aromatic rings. The maximum Gasteiger partial charge on any atom is 0.220 e. The van der Waals surface area contributed by atoms with Crippen LogP contribution in [0.4, 0.5) is 5.69 Å². The maximum atomic E-state index is 11.6. The Labute approximate surface area is 132 Å². The molecule has 0 unspecified atom stereocenters. The molecule has 0 bridgehead atoms. The molecule has 120 valence electrons. The predicted octanol–water partition coefficient (Wildman–Crippen LogP) is 2.48. The number of piperidine rings is 1. The third-order valence-corrected chi connectivity index (χ3v) is 4.24. The first kappa shape index (κ1) is 16.6. The van der Waals surface area contributed by atoms with Gasteiger partial charge in [0.1, 0.15) is 0 Å². The van der Waals surface area contributed by atoms with Crippen molar-refractivity contribution in [3.63, 3.8) is 0 Å². The number of aliphatic hydroxyl groups is 1. The van der Waals surface area contributed by atoms with Crippen LogP contribution >= 0.6 is 0 Å². The molecule has 1 amide bonds. The first-order chi connectivity index (χ1) is 10.7. The van der Waals surface area contributed by atoms with Crippen LogP contribution in [0.25, 0.3) is 0 Å². The van der Waals surface area contributed by atoms with Gasteiger partial charge in [0, 0.05) is 38.3 Å². The standard InChI is InChI=1S/C18H26N2O2/c1-2-3-4-18(22)19-13-15-5-7-17(8-6-15)20-11-9-16(14-21)10-12-20/h2,5-8,16,21H,1,3-4,9-14H2,(H,19,22). The monoisotopic (exact) mass is 302 g/mol. The Morgan fingerprint density at radius 3 is 2.59 bits per heavy atom. The van der Waals surface area contributed by atoms with Crippen LogP contribution in [0.2, 0.25) is 0 Å². The lowest BCUT2D eigenvalue weighted by Crippen LogP contribution is -2.34. The number of hydrogen-bond donors (Lipinski definition) is 2. The number of allylic oxidation sites excluding steroid dienone is 1. The van der Waals surface area contributed by atoms with Crippen LogP contribution in [0.1, 0.15) is 31.2 Å². The molecule has 1 heterocycles. The molecule has 1 aromatic carbocycles. The molecular formula is C18H26N2O2. The van der Waals surface area contributed by atoms with E-state index in [4.69, 9.17) is 0 Å². The SMILES string of the molecule is C=CCCC(=O)NCc1ccc(N2CCC(CO)CC2)cc1. The smallest absolute Gasteiger partial charge is 0.220 e. The zero-order valence-electron chi connectivity index (χ0n) is 13.1. The van der Waals surface area contributed by atoms with E-state index in [1.807, 2.05) is 0 Å². The summed E-state index contributed by atoms with van der Waals surface area (Å²) in [6, 6.07) is 8.37. The molecule has 2 rings (SSSR count). The average Bonchev–Trinajstić information content (AvgIpc) is 2.58. The van der Waals surface area contributed by atoms with Gasteiger partial charge >= 0.3 is 0 Å². The Morgan fingerprint density at radius 2 is 2.00 bits per heavy atom. The van der Waals surface area contributed by atoms with E-state index < -0.39 is 0 Å². The molecule has 2 N–H and O–H groups in total. The minimum atomic E-state index is 0.0649. The van der Waals surface area contributed by atoms with Crippen LogP contribution in [0, 0.1) is 5.92 Å². The highest BCUT2D eigenvalue weighted by Crippen LogP contribution is 2.23. The summed E-state index contributed by atoms with van der Waals surface area (Å²) >= 11 is 0. The van der Waals surface area contributed by atoms with Gasteiger partial charge in [-0.15, -0.1) is 6.58 Å². The van der Waals surface area contributed by atoms with Gasteiger partial charge in [-0.2, -0.15) is 0 Å². The van der Waals surface area contributed by atoms with Crippen molar-refractivity contribution in [2.24, 2.45) is 5.92 Å². The Balaban J connectivity index is 1.80.